The minimum atomic E-state index is -4.90. The molecule has 2 N–H and O–H groups in total. The Bertz CT molecular complexity index is 1190. The molecule has 0 aromatic heterocycles. The number of thioether (sulfide) groups is 1. The van der Waals surface area contributed by atoms with Crippen molar-refractivity contribution in [1.29, 1.82) is 0 Å². The van der Waals surface area contributed by atoms with E-state index in [-0.39, 0.29) is 28.4 Å². The van der Waals surface area contributed by atoms with Gasteiger partial charge in [-0.1, -0.05) is 11.8 Å². The zero-order valence-corrected chi connectivity index (χ0v) is 21.0. The summed E-state index contributed by atoms with van der Waals surface area (Å²) in [5, 5.41) is 1.84. The molecule has 2 aromatic carbocycles. The van der Waals surface area contributed by atoms with Crippen LogP contribution in [0.4, 0.5) is 23.7 Å². The van der Waals surface area contributed by atoms with Gasteiger partial charge in [0.05, 0.1) is 17.2 Å². The summed E-state index contributed by atoms with van der Waals surface area (Å²) in [5.74, 6) is -1.17. The van der Waals surface area contributed by atoms with E-state index in [1.54, 1.807) is 20.8 Å². The van der Waals surface area contributed by atoms with Gasteiger partial charge in [-0.3, -0.25) is 14.3 Å². The highest BCUT2D eigenvalue weighted by Crippen LogP contribution is 2.25. The number of carbonyl (C=O) groups is 3. The van der Waals surface area contributed by atoms with Crippen molar-refractivity contribution in [3.05, 3.63) is 54.1 Å². The zero-order valence-electron chi connectivity index (χ0n) is 19.3. The number of ketones is 1. The van der Waals surface area contributed by atoms with Crippen LogP contribution in [0.2, 0.25) is 0 Å². The molecular weight excluding hydrogens is 525 g/mol. The third-order valence-corrected chi connectivity index (χ3v) is 6.24. The van der Waals surface area contributed by atoms with Crippen molar-refractivity contribution in [1.82, 2.24) is 5.32 Å². The Kier molecular flexibility index (Phi) is 9.38. The van der Waals surface area contributed by atoms with Crippen LogP contribution in [0.1, 0.15) is 31.1 Å². The summed E-state index contributed by atoms with van der Waals surface area (Å²) < 4.78 is 72.6. The molecule has 0 saturated heterocycles. The number of hydrogen-bond acceptors (Lipinski definition) is 8. The molecule has 0 fully saturated rings. The second-order valence-electron chi connectivity index (χ2n) is 8.14. The average molecular weight is 549 g/mol. The number of amides is 1. The predicted molar refractivity (Wildman–Crippen MR) is 126 cm³/mol. The lowest BCUT2D eigenvalue weighted by atomic mass is 10.1. The summed E-state index contributed by atoms with van der Waals surface area (Å²) in [6.45, 7) is 4.70. The van der Waals surface area contributed by atoms with Crippen LogP contribution in [-0.2, 0) is 19.6 Å². The molecule has 0 radical (unpaired) electrons. The van der Waals surface area contributed by atoms with Crippen LogP contribution in [0.5, 0.6) is 5.75 Å². The number of Topliss-reactive ketones (excluding diaryl/α,β-unsaturated/α-hetero) is 1. The Morgan fingerprint density at radius 2 is 1.53 bits per heavy atom. The fraction of sp³-hybridized carbons (Fsp3) is 0.318. The van der Waals surface area contributed by atoms with Crippen molar-refractivity contribution < 1.29 is 45.4 Å². The minimum absolute atomic E-state index is 0.104. The van der Waals surface area contributed by atoms with Crippen molar-refractivity contribution in [3.8, 4) is 5.75 Å². The number of alkyl carbamates (subject to hydrolysis) is 1. The van der Waals surface area contributed by atoms with Crippen LogP contribution >= 0.6 is 11.8 Å². The summed E-state index contributed by atoms with van der Waals surface area (Å²) >= 11 is 0.704. The smallest absolute Gasteiger partial charge is 0.444 e. The van der Waals surface area contributed by atoms with Crippen LogP contribution in [-0.4, -0.2) is 49.7 Å². The number of hydrogen-bond donors (Lipinski definition) is 2. The van der Waals surface area contributed by atoms with Crippen molar-refractivity contribution in [2.75, 3.05) is 17.0 Å². The SMILES string of the molecule is CC(C)(C)OC(=O)NCC(=O)SCC(=O)c1ccc(NS(=O)(=O)c2ccc(OC(F)(F)F)cc2)cc1. The Morgan fingerprint density at radius 1 is 0.944 bits per heavy atom. The van der Waals surface area contributed by atoms with Crippen LogP contribution in [0.25, 0.3) is 0 Å². The third-order valence-electron chi connectivity index (χ3n) is 3.97. The van der Waals surface area contributed by atoms with Gasteiger partial charge in [-0.2, -0.15) is 0 Å². The van der Waals surface area contributed by atoms with Crippen molar-refractivity contribution >= 4 is 44.5 Å². The Balaban J connectivity index is 1.89. The molecule has 9 nitrogen and oxygen atoms in total. The van der Waals surface area contributed by atoms with Gasteiger partial charge in [-0.05, 0) is 69.3 Å². The van der Waals surface area contributed by atoms with Gasteiger partial charge in [0.2, 0.25) is 5.12 Å². The lowest BCUT2D eigenvalue weighted by Gasteiger charge is -2.19. The first-order valence-electron chi connectivity index (χ1n) is 10.2. The summed E-state index contributed by atoms with van der Waals surface area (Å²) in [5.41, 5.74) is -0.397. The number of halogens is 3. The molecule has 0 heterocycles. The highest BCUT2D eigenvalue weighted by molar-refractivity contribution is 8.14. The van der Waals surface area contributed by atoms with E-state index in [0.29, 0.717) is 11.8 Å². The van der Waals surface area contributed by atoms with Gasteiger partial charge in [0.1, 0.15) is 11.4 Å². The van der Waals surface area contributed by atoms with E-state index < -0.39 is 44.7 Å². The second-order valence-corrected chi connectivity index (χ2v) is 10.9. The van der Waals surface area contributed by atoms with E-state index in [9.17, 15) is 36.0 Å². The van der Waals surface area contributed by atoms with Gasteiger partial charge >= 0.3 is 12.5 Å². The van der Waals surface area contributed by atoms with Gasteiger partial charge < -0.3 is 14.8 Å². The van der Waals surface area contributed by atoms with E-state index in [1.807, 2.05) is 0 Å². The van der Waals surface area contributed by atoms with Crippen LogP contribution in [0, 0.1) is 0 Å². The minimum Gasteiger partial charge on any atom is -0.444 e. The molecular formula is C22H23F3N2O7S2. The molecule has 0 saturated carbocycles. The number of anilines is 1. The Morgan fingerprint density at radius 3 is 2.06 bits per heavy atom. The normalized spacial score (nSPS) is 11.9. The van der Waals surface area contributed by atoms with Crippen LogP contribution < -0.4 is 14.8 Å². The molecule has 0 unspecified atom stereocenters. The molecule has 0 aliphatic heterocycles. The van der Waals surface area contributed by atoms with Crippen LogP contribution in [0.15, 0.2) is 53.4 Å². The first kappa shape index (κ1) is 29.0. The number of rotatable bonds is 9. The number of benzene rings is 2. The molecule has 36 heavy (non-hydrogen) atoms. The van der Waals surface area contributed by atoms with Gasteiger partial charge in [0.25, 0.3) is 10.0 Å². The van der Waals surface area contributed by atoms with E-state index in [2.05, 4.69) is 14.8 Å². The molecule has 0 aliphatic carbocycles. The van der Waals surface area contributed by atoms with Crippen LogP contribution in [0.3, 0.4) is 0 Å². The molecule has 2 aromatic rings. The fourth-order valence-corrected chi connectivity index (χ4v) is 4.19. The maximum atomic E-state index is 12.5. The highest BCUT2D eigenvalue weighted by atomic mass is 32.2. The lowest BCUT2D eigenvalue weighted by molar-refractivity contribution is -0.274. The number of alkyl halides is 3. The zero-order chi connectivity index (χ0) is 27.1. The number of sulfonamides is 1. The molecule has 0 aliphatic rings. The quantitative estimate of drug-likeness (QED) is 0.443. The van der Waals surface area contributed by atoms with Gasteiger partial charge in [-0.25, -0.2) is 13.2 Å². The first-order chi connectivity index (χ1) is 16.5. The average Bonchev–Trinajstić information content (AvgIpc) is 2.74. The monoisotopic (exact) mass is 548 g/mol. The van der Waals surface area contributed by atoms with Gasteiger partial charge in [0.15, 0.2) is 5.78 Å². The Labute approximate surface area is 209 Å². The van der Waals surface area contributed by atoms with Gasteiger partial charge in [0, 0.05) is 11.3 Å². The number of ether oxygens (including phenoxy) is 2. The fourth-order valence-electron chi connectivity index (χ4n) is 2.50. The summed E-state index contributed by atoms with van der Waals surface area (Å²) in [6.07, 6.45) is -5.66. The molecule has 0 bridgehead atoms. The third kappa shape index (κ3) is 10.2. The molecule has 1 amide bonds. The van der Waals surface area contributed by atoms with Crippen molar-refractivity contribution in [2.24, 2.45) is 0 Å². The Hall–Kier alpha value is -3.26. The number of nitrogens with one attached hydrogen (secondary N) is 2. The predicted octanol–water partition coefficient (Wildman–Crippen LogP) is 4.35. The highest BCUT2D eigenvalue weighted by Gasteiger charge is 2.31. The molecule has 0 spiro atoms. The lowest BCUT2D eigenvalue weighted by Crippen LogP contribution is -2.35. The maximum Gasteiger partial charge on any atom is 0.573 e. The van der Waals surface area contributed by atoms with E-state index in [4.69, 9.17) is 4.74 Å². The van der Waals surface area contributed by atoms with E-state index in [1.165, 1.54) is 24.3 Å². The summed E-state index contributed by atoms with van der Waals surface area (Å²) in [7, 11) is -4.12. The second kappa shape index (κ2) is 11.6. The maximum absolute atomic E-state index is 12.5. The standard InChI is InChI=1S/C22H23F3N2O7S2/c1-21(2,3)34-20(30)26-12-19(29)35-13-18(28)14-4-6-15(7-5-14)27-36(31,32)17-10-8-16(9-11-17)33-22(23,24)25/h4-11,27H,12-13H2,1-3H3,(H,26,30). The topological polar surface area (TPSA) is 128 Å². The van der Waals surface area contributed by atoms with E-state index >= 15 is 0 Å². The molecule has 14 heteroatoms. The largest absolute Gasteiger partial charge is 0.573 e. The number of carbonyl (C=O) groups excluding carboxylic acids is 3. The first-order valence-corrected chi connectivity index (χ1v) is 12.7. The molecule has 2 rings (SSSR count). The van der Waals surface area contributed by atoms with Crippen molar-refractivity contribution in [3.63, 3.8) is 0 Å². The van der Waals surface area contributed by atoms with Crippen molar-refractivity contribution in [2.45, 2.75) is 37.6 Å². The summed E-state index contributed by atoms with van der Waals surface area (Å²) in [6, 6.07) is 8.98. The van der Waals surface area contributed by atoms with E-state index in [0.717, 1.165) is 24.3 Å². The molecule has 0 atom stereocenters. The molecule has 196 valence electrons. The van der Waals surface area contributed by atoms with Gasteiger partial charge in [-0.15, -0.1) is 13.2 Å². The summed E-state index contributed by atoms with van der Waals surface area (Å²) in [4.78, 5) is 35.4.